The summed E-state index contributed by atoms with van der Waals surface area (Å²) in [4.78, 5) is 6.79. The third-order valence-corrected chi connectivity index (χ3v) is 4.37. The van der Waals surface area contributed by atoms with E-state index >= 15 is 0 Å². The maximum Gasteiger partial charge on any atom is 0.231 e. The number of benzene rings is 1. The van der Waals surface area contributed by atoms with Crippen LogP contribution in [0.3, 0.4) is 0 Å². The van der Waals surface area contributed by atoms with E-state index in [2.05, 4.69) is 27.4 Å². The summed E-state index contributed by atoms with van der Waals surface area (Å²) in [5.74, 6) is 3.04. The summed E-state index contributed by atoms with van der Waals surface area (Å²) in [7, 11) is 6.84. The largest absolute Gasteiger partial charge is 0.493 e. The second-order valence-electron chi connectivity index (χ2n) is 5.96. The topological polar surface area (TPSA) is 81.9 Å². The van der Waals surface area contributed by atoms with Crippen molar-refractivity contribution in [1.29, 1.82) is 0 Å². The first-order chi connectivity index (χ1) is 12.2. The summed E-state index contributed by atoms with van der Waals surface area (Å²) in [5, 5.41) is 7.51. The van der Waals surface area contributed by atoms with Gasteiger partial charge in [0.25, 0.3) is 0 Å². The van der Waals surface area contributed by atoms with Crippen LogP contribution in [-0.4, -0.2) is 63.1 Å². The molecule has 1 atom stereocenters. The Morgan fingerprint density at radius 3 is 2.46 bits per heavy atom. The van der Waals surface area contributed by atoms with Gasteiger partial charge in [0.15, 0.2) is 17.3 Å². The van der Waals surface area contributed by atoms with Gasteiger partial charge in [0.2, 0.25) is 11.6 Å². The molecule has 26 heavy (non-hydrogen) atoms. The standard InChI is InChI=1S/C17H24N4O4.ClH/c1-21-6-5-18-10-12(21)17-19-15(25-20-17)9-11-7-13(22-2)16(24-4)14(8-11)23-3;/h7-8,12,18H,5-6,9-10H2,1-4H3;1H. The molecule has 1 aromatic carbocycles. The predicted molar refractivity (Wildman–Crippen MR) is 98.7 cm³/mol. The fourth-order valence-corrected chi connectivity index (χ4v) is 2.98. The highest BCUT2D eigenvalue weighted by atomic mass is 35.5. The molecule has 0 saturated carbocycles. The third kappa shape index (κ3) is 4.20. The number of aromatic nitrogens is 2. The van der Waals surface area contributed by atoms with Crippen molar-refractivity contribution in [1.82, 2.24) is 20.4 Å². The van der Waals surface area contributed by atoms with E-state index in [1.165, 1.54) is 0 Å². The van der Waals surface area contributed by atoms with Gasteiger partial charge in [0.1, 0.15) is 0 Å². The van der Waals surface area contributed by atoms with Gasteiger partial charge in [0, 0.05) is 19.6 Å². The zero-order valence-corrected chi connectivity index (χ0v) is 16.3. The number of ether oxygens (including phenoxy) is 3. The molecule has 144 valence electrons. The molecule has 1 aliphatic heterocycles. The van der Waals surface area contributed by atoms with Crippen LogP contribution < -0.4 is 19.5 Å². The van der Waals surface area contributed by atoms with Crippen LogP contribution in [0.1, 0.15) is 23.3 Å². The normalized spacial score (nSPS) is 17.5. The summed E-state index contributed by atoms with van der Waals surface area (Å²) in [6, 6.07) is 3.91. The molecule has 2 heterocycles. The van der Waals surface area contributed by atoms with Crippen molar-refractivity contribution in [3.05, 3.63) is 29.4 Å². The Labute approximate surface area is 159 Å². The number of nitrogens with one attached hydrogen (secondary N) is 1. The summed E-state index contributed by atoms with van der Waals surface area (Å²) in [5.41, 5.74) is 0.944. The van der Waals surface area contributed by atoms with Crippen molar-refractivity contribution in [2.75, 3.05) is 48.0 Å². The number of nitrogens with zero attached hydrogens (tertiary/aromatic N) is 3. The lowest BCUT2D eigenvalue weighted by Gasteiger charge is -2.30. The minimum absolute atomic E-state index is 0. The van der Waals surface area contributed by atoms with E-state index in [1.807, 2.05) is 12.1 Å². The van der Waals surface area contributed by atoms with Crippen LogP contribution in [0, 0.1) is 0 Å². The molecule has 1 aliphatic rings. The molecule has 2 aromatic rings. The molecule has 1 fully saturated rings. The van der Waals surface area contributed by atoms with Crippen LogP contribution in [0.2, 0.25) is 0 Å². The SMILES string of the molecule is COc1cc(Cc2nc(C3CNCCN3C)no2)cc(OC)c1OC.Cl. The average molecular weight is 385 g/mol. The zero-order valence-electron chi connectivity index (χ0n) is 15.4. The molecular weight excluding hydrogens is 360 g/mol. The van der Waals surface area contributed by atoms with Crippen molar-refractivity contribution < 1.29 is 18.7 Å². The first-order valence-corrected chi connectivity index (χ1v) is 8.18. The zero-order chi connectivity index (χ0) is 17.8. The quantitative estimate of drug-likeness (QED) is 0.805. The van der Waals surface area contributed by atoms with Crippen LogP contribution in [0.15, 0.2) is 16.7 Å². The lowest BCUT2D eigenvalue weighted by molar-refractivity contribution is 0.190. The number of hydrogen-bond donors (Lipinski definition) is 1. The van der Waals surface area contributed by atoms with Gasteiger partial charge in [0.05, 0.1) is 33.8 Å². The number of halogens is 1. The monoisotopic (exact) mass is 384 g/mol. The smallest absolute Gasteiger partial charge is 0.231 e. The van der Waals surface area contributed by atoms with Crippen LogP contribution in [0.5, 0.6) is 17.2 Å². The summed E-state index contributed by atoms with van der Waals surface area (Å²) < 4.78 is 21.6. The number of likely N-dealkylation sites (N-methyl/N-ethyl adjacent to an activating group) is 1. The molecule has 1 aromatic heterocycles. The van der Waals surface area contributed by atoms with E-state index in [9.17, 15) is 0 Å². The molecule has 0 amide bonds. The van der Waals surface area contributed by atoms with Crippen LogP contribution in [0.25, 0.3) is 0 Å². The number of hydrogen-bond acceptors (Lipinski definition) is 8. The molecule has 0 bridgehead atoms. The molecule has 0 aliphatic carbocycles. The summed E-state index contributed by atoms with van der Waals surface area (Å²) in [6.45, 7) is 2.75. The van der Waals surface area contributed by atoms with Gasteiger partial charge in [-0.1, -0.05) is 5.16 Å². The van der Waals surface area contributed by atoms with E-state index in [0.29, 0.717) is 35.4 Å². The highest BCUT2D eigenvalue weighted by Crippen LogP contribution is 2.38. The predicted octanol–water partition coefficient (Wildman–Crippen LogP) is 1.68. The third-order valence-electron chi connectivity index (χ3n) is 4.37. The van der Waals surface area contributed by atoms with Gasteiger partial charge in [-0.05, 0) is 24.7 Å². The van der Waals surface area contributed by atoms with E-state index < -0.39 is 0 Å². The van der Waals surface area contributed by atoms with Gasteiger partial charge in [-0.3, -0.25) is 4.90 Å². The minimum Gasteiger partial charge on any atom is -0.493 e. The lowest BCUT2D eigenvalue weighted by Crippen LogP contribution is -2.44. The molecule has 9 heteroatoms. The molecular formula is C17H25ClN4O4. The molecule has 3 rings (SSSR count). The Morgan fingerprint density at radius 2 is 1.88 bits per heavy atom. The van der Waals surface area contributed by atoms with E-state index in [4.69, 9.17) is 18.7 Å². The molecule has 1 saturated heterocycles. The summed E-state index contributed by atoms with van der Waals surface area (Å²) >= 11 is 0. The van der Waals surface area contributed by atoms with Gasteiger partial charge in [-0.25, -0.2) is 0 Å². The highest BCUT2D eigenvalue weighted by Gasteiger charge is 2.25. The highest BCUT2D eigenvalue weighted by molar-refractivity contribution is 5.85. The number of piperazine rings is 1. The van der Waals surface area contributed by atoms with Crippen molar-refractivity contribution >= 4 is 12.4 Å². The van der Waals surface area contributed by atoms with Crippen molar-refractivity contribution in [2.24, 2.45) is 0 Å². The van der Waals surface area contributed by atoms with Crippen LogP contribution in [-0.2, 0) is 6.42 Å². The van der Waals surface area contributed by atoms with Crippen molar-refractivity contribution in [3.8, 4) is 17.2 Å². The molecule has 8 nitrogen and oxygen atoms in total. The van der Waals surface area contributed by atoms with E-state index in [-0.39, 0.29) is 18.4 Å². The molecule has 0 spiro atoms. The Morgan fingerprint density at radius 1 is 1.19 bits per heavy atom. The second kappa shape index (κ2) is 9.07. The average Bonchev–Trinajstić information content (AvgIpc) is 3.09. The van der Waals surface area contributed by atoms with Gasteiger partial charge < -0.3 is 24.1 Å². The van der Waals surface area contributed by atoms with Crippen molar-refractivity contribution in [2.45, 2.75) is 12.5 Å². The summed E-state index contributed by atoms with van der Waals surface area (Å²) in [6.07, 6.45) is 0.494. The fourth-order valence-electron chi connectivity index (χ4n) is 2.98. The Bertz CT molecular complexity index is 700. The van der Waals surface area contributed by atoms with Gasteiger partial charge in [-0.2, -0.15) is 4.98 Å². The van der Waals surface area contributed by atoms with E-state index in [0.717, 1.165) is 25.2 Å². The Balaban J connectivity index is 0.00000243. The molecule has 1 N–H and O–H groups in total. The van der Waals surface area contributed by atoms with Crippen LogP contribution in [0.4, 0.5) is 0 Å². The fraction of sp³-hybridized carbons (Fsp3) is 0.529. The van der Waals surface area contributed by atoms with Gasteiger partial charge >= 0.3 is 0 Å². The maximum absolute atomic E-state index is 5.45. The molecule has 0 radical (unpaired) electrons. The number of methoxy groups -OCH3 is 3. The first-order valence-electron chi connectivity index (χ1n) is 8.18. The van der Waals surface area contributed by atoms with Gasteiger partial charge in [-0.15, -0.1) is 12.4 Å². The Kier molecular flexibility index (Phi) is 7.07. The number of rotatable bonds is 6. The first kappa shape index (κ1) is 20.3. The van der Waals surface area contributed by atoms with Crippen molar-refractivity contribution in [3.63, 3.8) is 0 Å². The molecule has 1 unspecified atom stereocenters. The minimum atomic E-state index is 0. The van der Waals surface area contributed by atoms with E-state index in [1.54, 1.807) is 21.3 Å². The van der Waals surface area contributed by atoms with Crippen LogP contribution >= 0.6 is 12.4 Å². The maximum atomic E-state index is 5.45. The Hall–Kier alpha value is -2.03. The second-order valence-corrected chi connectivity index (χ2v) is 5.96. The lowest BCUT2D eigenvalue weighted by atomic mass is 10.1.